The molecule has 0 saturated carbocycles. The van der Waals surface area contributed by atoms with Crippen LogP contribution in [0.4, 0.5) is 10.5 Å². The quantitative estimate of drug-likeness (QED) is 0.718. The fraction of sp³-hybridized carbons (Fsp3) is 0.278. The summed E-state index contributed by atoms with van der Waals surface area (Å²) in [7, 11) is 3.09. The number of rotatable bonds is 8. The van der Waals surface area contributed by atoms with Crippen molar-refractivity contribution in [2.24, 2.45) is 0 Å². The molecule has 0 fully saturated rings. The van der Waals surface area contributed by atoms with Crippen LogP contribution >= 0.6 is 0 Å². The van der Waals surface area contributed by atoms with E-state index in [-0.39, 0.29) is 6.73 Å². The molecule has 0 saturated heterocycles. The first-order chi connectivity index (χ1) is 12.2. The molecule has 0 spiro atoms. The average Bonchev–Trinajstić information content (AvgIpc) is 2.63. The summed E-state index contributed by atoms with van der Waals surface area (Å²) in [6, 6.07) is 11.9. The third-order valence-electron chi connectivity index (χ3n) is 3.25. The van der Waals surface area contributed by atoms with E-state index in [2.05, 4.69) is 10.6 Å². The van der Waals surface area contributed by atoms with Gasteiger partial charge in [-0.05, 0) is 43.3 Å². The summed E-state index contributed by atoms with van der Waals surface area (Å²) >= 11 is 0. The number of urea groups is 1. The molecular weight excluding hydrogens is 324 g/mol. The summed E-state index contributed by atoms with van der Waals surface area (Å²) in [6.45, 7) is 2.57. The molecule has 7 nitrogen and oxygen atoms in total. The second kappa shape index (κ2) is 9.27. The third-order valence-corrected chi connectivity index (χ3v) is 3.25. The van der Waals surface area contributed by atoms with E-state index < -0.39 is 6.03 Å². The Labute approximate surface area is 146 Å². The molecule has 0 heterocycles. The van der Waals surface area contributed by atoms with Crippen molar-refractivity contribution >= 4 is 11.7 Å². The molecule has 0 aliphatic carbocycles. The van der Waals surface area contributed by atoms with Crippen LogP contribution in [0.25, 0.3) is 0 Å². The molecule has 25 heavy (non-hydrogen) atoms. The van der Waals surface area contributed by atoms with Crippen LogP contribution in [-0.2, 0) is 0 Å². The van der Waals surface area contributed by atoms with E-state index in [1.807, 2.05) is 19.1 Å². The van der Waals surface area contributed by atoms with Crippen LogP contribution in [0.1, 0.15) is 6.92 Å². The van der Waals surface area contributed by atoms with Gasteiger partial charge in [-0.2, -0.15) is 0 Å². The van der Waals surface area contributed by atoms with Gasteiger partial charge in [0.2, 0.25) is 0 Å². The zero-order valence-electron chi connectivity index (χ0n) is 14.5. The second-order valence-electron chi connectivity index (χ2n) is 4.89. The normalized spacial score (nSPS) is 9.88. The summed E-state index contributed by atoms with van der Waals surface area (Å²) in [6.07, 6.45) is 0. The van der Waals surface area contributed by atoms with Crippen molar-refractivity contribution in [1.29, 1.82) is 0 Å². The Morgan fingerprint density at radius 3 is 2.16 bits per heavy atom. The standard InChI is InChI=1S/C18H22N2O5/c1-4-24-14-6-8-15(9-7-14)25-12-19-18(21)20-13-5-10-16(22-2)17(11-13)23-3/h5-11H,4,12H2,1-3H3,(H2,19,20,21). The van der Waals surface area contributed by atoms with Crippen molar-refractivity contribution in [3.05, 3.63) is 42.5 Å². The van der Waals surface area contributed by atoms with Gasteiger partial charge in [-0.25, -0.2) is 4.79 Å². The summed E-state index contributed by atoms with van der Waals surface area (Å²) in [5.41, 5.74) is 0.580. The molecule has 7 heteroatoms. The predicted molar refractivity (Wildman–Crippen MR) is 94.8 cm³/mol. The molecule has 2 aromatic carbocycles. The number of benzene rings is 2. The topological polar surface area (TPSA) is 78.1 Å². The summed E-state index contributed by atoms with van der Waals surface area (Å²) < 4.78 is 21.2. The molecule has 0 unspecified atom stereocenters. The maximum absolute atomic E-state index is 11.9. The Bertz CT molecular complexity index is 688. The molecule has 134 valence electrons. The maximum atomic E-state index is 11.9. The molecule has 0 bridgehead atoms. The van der Waals surface area contributed by atoms with Gasteiger partial charge in [-0.15, -0.1) is 0 Å². The first kappa shape index (κ1) is 18.3. The smallest absolute Gasteiger partial charge is 0.321 e. The van der Waals surface area contributed by atoms with Gasteiger partial charge in [-0.3, -0.25) is 0 Å². The summed E-state index contributed by atoms with van der Waals surface area (Å²) in [5.74, 6) is 2.53. The molecule has 2 amide bonds. The van der Waals surface area contributed by atoms with E-state index in [9.17, 15) is 4.79 Å². The SMILES string of the molecule is CCOc1ccc(OCNC(=O)Nc2ccc(OC)c(OC)c2)cc1. The molecule has 2 N–H and O–H groups in total. The van der Waals surface area contributed by atoms with Gasteiger partial charge in [0.15, 0.2) is 18.2 Å². The summed E-state index contributed by atoms with van der Waals surface area (Å²) in [5, 5.41) is 5.30. The van der Waals surface area contributed by atoms with Crippen molar-refractivity contribution in [2.75, 3.05) is 32.9 Å². The number of hydrogen-bond donors (Lipinski definition) is 2. The number of hydrogen-bond acceptors (Lipinski definition) is 5. The van der Waals surface area contributed by atoms with Crippen molar-refractivity contribution in [2.45, 2.75) is 6.92 Å². The highest BCUT2D eigenvalue weighted by molar-refractivity contribution is 5.89. The molecule has 0 aromatic heterocycles. The Hall–Kier alpha value is -3.09. The molecule has 2 rings (SSSR count). The zero-order chi connectivity index (χ0) is 18.1. The maximum Gasteiger partial charge on any atom is 0.321 e. The lowest BCUT2D eigenvalue weighted by atomic mass is 10.3. The predicted octanol–water partition coefficient (Wildman–Crippen LogP) is 3.26. The Kier molecular flexibility index (Phi) is 6.76. The molecule has 0 radical (unpaired) electrons. The van der Waals surface area contributed by atoms with Gasteiger partial charge >= 0.3 is 6.03 Å². The number of amides is 2. The number of anilines is 1. The highest BCUT2D eigenvalue weighted by atomic mass is 16.5. The van der Waals surface area contributed by atoms with Crippen LogP contribution in [0.2, 0.25) is 0 Å². The van der Waals surface area contributed by atoms with Crippen LogP contribution in [0.5, 0.6) is 23.0 Å². The first-order valence-electron chi connectivity index (χ1n) is 7.78. The van der Waals surface area contributed by atoms with E-state index >= 15 is 0 Å². The highest BCUT2D eigenvalue weighted by Gasteiger charge is 2.07. The van der Waals surface area contributed by atoms with Gasteiger partial charge in [0.1, 0.15) is 11.5 Å². The highest BCUT2D eigenvalue weighted by Crippen LogP contribution is 2.29. The Morgan fingerprint density at radius 2 is 1.56 bits per heavy atom. The lowest BCUT2D eigenvalue weighted by molar-refractivity contribution is 0.234. The zero-order valence-corrected chi connectivity index (χ0v) is 14.5. The lowest BCUT2D eigenvalue weighted by Crippen LogP contribution is -2.32. The van der Waals surface area contributed by atoms with Gasteiger partial charge in [0, 0.05) is 11.8 Å². The Balaban J connectivity index is 1.80. The molecule has 0 atom stereocenters. The van der Waals surface area contributed by atoms with Crippen molar-refractivity contribution in [3.63, 3.8) is 0 Å². The number of carbonyl (C=O) groups is 1. The number of nitrogens with one attached hydrogen (secondary N) is 2. The van der Waals surface area contributed by atoms with Crippen molar-refractivity contribution < 1.29 is 23.7 Å². The van der Waals surface area contributed by atoms with Gasteiger partial charge in [-0.1, -0.05) is 0 Å². The second-order valence-corrected chi connectivity index (χ2v) is 4.89. The van der Waals surface area contributed by atoms with Crippen molar-refractivity contribution in [3.8, 4) is 23.0 Å². The minimum Gasteiger partial charge on any atom is -0.494 e. The van der Waals surface area contributed by atoms with Gasteiger partial charge in [0.25, 0.3) is 0 Å². The minimum absolute atomic E-state index is 0.0348. The van der Waals surface area contributed by atoms with Crippen LogP contribution in [-0.4, -0.2) is 33.6 Å². The first-order valence-corrected chi connectivity index (χ1v) is 7.78. The van der Waals surface area contributed by atoms with Gasteiger partial charge in [0.05, 0.1) is 20.8 Å². The molecule has 0 aliphatic heterocycles. The number of carbonyl (C=O) groups excluding carboxylic acids is 1. The Morgan fingerprint density at radius 1 is 0.920 bits per heavy atom. The lowest BCUT2D eigenvalue weighted by Gasteiger charge is -2.12. The van der Waals surface area contributed by atoms with E-state index in [4.69, 9.17) is 18.9 Å². The monoisotopic (exact) mass is 346 g/mol. The largest absolute Gasteiger partial charge is 0.494 e. The van der Waals surface area contributed by atoms with E-state index in [0.717, 1.165) is 5.75 Å². The molecular formula is C18H22N2O5. The van der Waals surface area contributed by atoms with Gasteiger partial charge < -0.3 is 29.6 Å². The van der Waals surface area contributed by atoms with E-state index in [1.165, 1.54) is 7.11 Å². The fourth-order valence-corrected chi connectivity index (χ4v) is 2.07. The number of ether oxygens (including phenoxy) is 4. The van der Waals surface area contributed by atoms with Crippen LogP contribution < -0.4 is 29.6 Å². The van der Waals surface area contributed by atoms with E-state index in [1.54, 1.807) is 37.4 Å². The molecule has 2 aromatic rings. The number of methoxy groups -OCH3 is 2. The minimum atomic E-state index is -0.391. The van der Waals surface area contributed by atoms with E-state index in [0.29, 0.717) is 29.5 Å². The summed E-state index contributed by atoms with van der Waals surface area (Å²) in [4.78, 5) is 11.9. The van der Waals surface area contributed by atoms with Crippen LogP contribution in [0, 0.1) is 0 Å². The van der Waals surface area contributed by atoms with Crippen molar-refractivity contribution in [1.82, 2.24) is 5.32 Å². The van der Waals surface area contributed by atoms with Crippen LogP contribution in [0.15, 0.2) is 42.5 Å². The third kappa shape index (κ3) is 5.49. The molecule has 0 aliphatic rings. The fourth-order valence-electron chi connectivity index (χ4n) is 2.07. The average molecular weight is 346 g/mol. The van der Waals surface area contributed by atoms with Crippen LogP contribution in [0.3, 0.4) is 0 Å².